The molecule has 0 aliphatic heterocycles. The van der Waals surface area contributed by atoms with Crippen LogP contribution in [0.3, 0.4) is 0 Å². The summed E-state index contributed by atoms with van der Waals surface area (Å²) in [6, 6.07) is 4.33. The molecule has 1 aromatic carbocycles. The molecule has 0 bridgehead atoms. The van der Waals surface area contributed by atoms with Crippen molar-refractivity contribution in [1.82, 2.24) is 4.98 Å². The SMILES string of the molecule is CCOP(=O)(Cc1csc(NC(=O)c2cc(O)cc(OC(C)C)c2)n1)OCC. The largest absolute Gasteiger partial charge is 0.508 e. The van der Waals surface area contributed by atoms with Gasteiger partial charge in [0.25, 0.3) is 5.91 Å². The van der Waals surface area contributed by atoms with Gasteiger partial charge < -0.3 is 18.9 Å². The van der Waals surface area contributed by atoms with Crippen molar-refractivity contribution in [2.45, 2.75) is 40.0 Å². The predicted octanol–water partition coefficient (Wildman–Crippen LogP) is 4.65. The summed E-state index contributed by atoms with van der Waals surface area (Å²) in [6.45, 7) is 7.72. The molecular weight excluding hydrogens is 403 g/mol. The van der Waals surface area contributed by atoms with E-state index in [0.717, 1.165) is 0 Å². The highest BCUT2D eigenvalue weighted by atomic mass is 32.1. The number of carbonyl (C=O) groups excluding carboxylic acids is 1. The highest BCUT2D eigenvalue weighted by molar-refractivity contribution is 7.53. The summed E-state index contributed by atoms with van der Waals surface area (Å²) in [5.74, 6) is -0.116. The molecule has 8 nitrogen and oxygen atoms in total. The Kier molecular flexibility index (Phi) is 8.00. The molecule has 0 radical (unpaired) electrons. The number of aromatic nitrogens is 1. The van der Waals surface area contributed by atoms with Crippen LogP contribution in [-0.2, 0) is 19.8 Å². The minimum absolute atomic E-state index is 0.0273. The van der Waals surface area contributed by atoms with Crippen molar-refractivity contribution in [2.24, 2.45) is 0 Å². The maximum Gasteiger partial charge on any atom is 0.336 e. The first-order valence-corrected chi connectivity index (χ1v) is 11.5. The van der Waals surface area contributed by atoms with Crippen molar-refractivity contribution in [3.8, 4) is 11.5 Å². The van der Waals surface area contributed by atoms with E-state index in [4.69, 9.17) is 13.8 Å². The number of benzene rings is 1. The van der Waals surface area contributed by atoms with Gasteiger partial charge in [0.05, 0.1) is 31.2 Å². The molecule has 28 heavy (non-hydrogen) atoms. The fraction of sp³-hybridized carbons (Fsp3) is 0.444. The van der Waals surface area contributed by atoms with Crippen molar-refractivity contribution in [1.29, 1.82) is 0 Å². The fourth-order valence-electron chi connectivity index (χ4n) is 2.38. The van der Waals surface area contributed by atoms with E-state index in [-0.39, 0.29) is 36.8 Å². The fourth-order valence-corrected chi connectivity index (χ4v) is 4.81. The van der Waals surface area contributed by atoms with Gasteiger partial charge in [0.2, 0.25) is 0 Å². The van der Waals surface area contributed by atoms with Crippen LogP contribution in [0.2, 0.25) is 0 Å². The minimum Gasteiger partial charge on any atom is -0.508 e. The van der Waals surface area contributed by atoms with E-state index in [2.05, 4.69) is 10.3 Å². The zero-order valence-electron chi connectivity index (χ0n) is 16.3. The van der Waals surface area contributed by atoms with Gasteiger partial charge >= 0.3 is 7.60 Å². The molecule has 0 aliphatic carbocycles. The van der Waals surface area contributed by atoms with Crippen LogP contribution >= 0.6 is 18.9 Å². The maximum atomic E-state index is 12.6. The Morgan fingerprint density at radius 3 is 2.54 bits per heavy atom. The van der Waals surface area contributed by atoms with Crippen LogP contribution in [0, 0.1) is 0 Å². The van der Waals surface area contributed by atoms with Crippen LogP contribution in [-0.4, -0.2) is 35.3 Å². The van der Waals surface area contributed by atoms with E-state index in [0.29, 0.717) is 16.6 Å². The number of anilines is 1. The van der Waals surface area contributed by atoms with Crippen LogP contribution in [0.5, 0.6) is 11.5 Å². The molecule has 0 fully saturated rings. The standard InChI is InChI=1S/C18H25N2O6PS/c1-5-24-27(23,25-6-2)10-14-11-28-18(19-14)20-17(22)13-7-15(21)9-16(8-13)26-12(3)4/h7-9,11-12,21H,5-6,10H2,1-4H3,(H,19,20,22). The topological polar surface area (TPSA) is 107 Å². The molecule has 154 valence electrons. The molecule has 1 heterocycles. The summed E-state index contributed by atoms with van der Waals surface area (Å²) >= 11 is 1.20. The monoisotopic (exact) mass is 428 g/mol. The van der Waals surface area contributed by atoms with E-state index >= 15 is 0 Å². The van der Waals surface area contributed by atoms with Gasteiger partial charge in [-0.3, -0.25) is 14.7 Å². The highest BCUT2D eigenvalue weighted by Gasteiger charge is 2.25. The number of thiazole rings is 1. The minimum atomic E-state index is -3.27. The average Bonchev–Trinajstić information content (AvgIpc) is 3.00. The lowest BCUT2D eigenvalue weighted by Gasteiger charge is -2.15. The first-order chi connectivity index (χ1) is 13.2. The predicted molar refractivity (Wildman–Crippen MR) is 109 cm³/mol. The first kappa shape index (κ1) is 22.4. The van der Waals surface area contributed by atoms with Crippen molar-refractivity contribution < 1.29 is 28.3 Å². The summed E-state index contributed by atoms with van der Waals surface area (Å²) in [5, 5.41) is 14.5. The van der Waals surface area contributed by atoms with Crippen LogP contribution in [0.4, 0.5) is 5.13 Å². The number of phenols is 1. The second kappa shape index (κ2) is 10.0. The van der Waals surface area contributed by atoms with Gasteiger partial charge in [-0.2, -0.15) is 0 Å². The van der Waals surface area contributed by atoms with Gasteiger partial charge in [-0.15, -0.1) is 11.3 Å². The lowest BCUT2D eigenvalue weighted by atomic mass is 10.2. The molecule has 0 spiro atoms. The van der Waals surface area contributed by atoms with Crippen LogP contribution in [0.1, 0.15) is 43.7 Å². The molecule has 0 saturated carbocycles. The third kappa shape index (κ3) is 6.60. The normalized spacial score (nSPS) is 11.6. The number of ether oxygens (including phenoxy) is 1. The Bertz CT molecular complexity index is 844. The Labute approximate surface area is 168 Å². The molecule has 10 heteroatoms. The number of amides is 1. The lowest BCUT2D eigenvalue weighted by molar-refractivity contribution is 0.102. The van der Waals surface area contributed by atoms with Gasteiger partial charge in [0, 0.05) is 17.0 Å². The van der Waals surface area contributed by atoms with E-state index < -0.39 is 13.5 Å². The zero-order chi connectivity index (χ0) is 20.7. The summed E-state index contributed by atoms with van der Waals surface area (Å²) in [6.07, 6.45) is -0.0647. The molecule has 1 amide bonds. The van der Waals surface area contributed by atoms with Crippen molar-refractivity contribution in [2.75, 3.05) is 18.5 Å². The van der Waals surface area contributed by atoms with Gasteiger partial charge in [0.15, 0.2) is 5.13 Å². The van der Waals surface area contributed by atoms with E-state index in [1.165, 1.54) is 23.5 Å². The van der Waals surface area contributed by atoms with Crippen LogP contribution < -0.4 is 10.1 Å². The number of hydrogen-bond donors (Lipinski definition) is 2. The molecule has 0 aliphatic rings. The molecule has 0 unspecified atom stereocenters. The summed E-state index contributed by atoms with van der Waals surface area (Å²) < 4.78 is 28.6. The zero-order valence-corrected chi connectivity index (χ0v) is 18.0. The van der Waals surface area contributed by atoms with E-state index in [9.17, 15) is 14.5 Å². The van der Waals surface area contributed by atoms with Gasteiger partial charge in [-0.1, -0.05) is 0 Å². The van der Waals surface area contributed by atoms with Gasteiger partial charge in [-0.05, 0) is 39.8 Å². The van der Waals surface area contributed by atoms with Gasteiger partial charge in [0.1, 0.15) is 11.5 Å². The van der Waals surface area contributed by atoms with Gasteiger partial charge in [-0.25, -0.2) is 4.98 Å². The number of hydrogen-bond acceptors (Lipinski definition) is 8. The summed E-state index contributed by atoms with van der Waals surface area (Å²) in [7, 11) is -3.27. The number of aromatic hydroxyl groups is 1. The molecule has 2 rings (SSSR count). The molecular formula is C18H25N2O6PS. The lowest BCUT2D eigenvalue weighted by Crippen LogP contribution is -2.13. The Morgan fingerprint density at radius 2 is 1.93 bits per heavy atom. The third-order valence-corrected chi connectivity index (χ3v) is 6.13. The second-order valence-corrected chi connectivity index (χ2v) is 9.00. The van der Waals surface area contributed by atoms with Crippen molar-refractivity contribution in [3.63, 3.8) is 0 Å². The van der Waals surface area contributed by atoms with E-state index in [1.807, 2.05) is 13.8 Å². The number of nitrogens with one attached hydrogen (secondary N) is 1. The number of nitrogens with zero attached hydrogens (tertiary/aromatic N) is 1. The molecule has 2 N–H and O–H groups in total. The second-order valence-electron chi connectivity index (χ2n) is 6.08. The van der Waals surface area contributed by atoms with Crippen molar-refractivity contribution in [3.05, 3.63) is 34.8 Å². The molecule has 0 saturated heterocycles. The van der Waals surface area contributed by atoms with Crippen LogP contribution in [0.15, 0.2) is 23.6 Å². The Balaban J connectivity index is 2.10. The molecule has 2 aromatic rings. The number of phenolic OH excluding ortho intramolecular Hbond substituents is 1. The molecule has 1 aromatic heterocycles. The number of carbonyl (C=O) groups is 1. The summed E-state index contributed by atoms with van der Waals surface area (Å²) in [4.78, 5) is 16.8. The maximum absolute atomic E-state index is 12.6. The Morgan fingerprint density at radius 1 is 1.25 bits per heavy atom. The smallest absolute Gasteiger partial charge is 0.336 e. The van der Waals surface area contributed by atoms with Crippen molar-refractivity contribution >= 4 is 30.0 Å². The highest BCUT2D eigenvalue weighted by Crippen LogP contribution is 2.51. The molecule has 0 atom stereocenters. The van der Waals surface area contributed by atoms with E-state index in [1.54, 1.807) is 25.3 Å². The average molecular weight is 428 g/mol. The Hall–Kier alpha value is -1.93. The van der Waals surface area contributed by atoms with Crippen LogP contribution in [0.25, 0.3) is 0 Å². The number of rotatable bonds is 10. The first-order valence-electron chi connectivity index (χ1n) is 8.89. The summed E-state index contributed by atoms with van der Waals surface area (Å²) in [5.41, 5.74) is 0.743. The quantitative estimate of drug-likeness (QED) is 0.530. The third-order valence-electron chi connectivity index (χ3n) is 3.30.